The molecule has 108 valence electrons. The standard InChI is InChI=1S/C14H14N4O2S/c1-19-9-12-15-16-14-18(12)17-13(21-14)8-7-10-5-3-4-6-11(10)20-2/h3-8H,9H2,1-2H3/b8-7-. The Morgan fingerprint density at radius 3 is 2.86 bits per heavy atom. The van der Waals surface area contributed by atoms with Crippen LogP contribution >= 0.6 is 11.3 Å². The summed E-state index contributed by atoms with van der Waals surface area (Å²) in [5, 5.41) is 13.4. The van der Waals surface area contributed by atoms with E-state index in [1.54, 1.807) is 18.7 Å². The SMILES string of the molecule is COCc1nnc2sc(/C=C\c3ccccc3OC)nn12. The zero-order valence-corrected chi connectivity index (χ0v) is 12.5. The molecule has 0 fully saturated rings. The molecule has 0 bridgehead atoms. The third kappa shape index (κ3) is 2.79. The van der Waals surface area contributed by atoms with Gasteiger partial charge in [-0.3, -0.25) is 0 Å². The van der Waals surface area contributed by atoms with Gasteiger partial charge in [-0.2, -0.15) is 9.61 Å². The van der Waals surface area contributed by atoms with E-state index in [4.69, 9.17) is 9.47 Å². The number of hydrogen-bond acceptors (Lipinski definition) is 6. The van der Waals surface area contributed by atoms with Crippen LogP contribution in [0.5, 0.6) is 5.75 Å². The van der Waals surface area contributed by atoms with Crippen LogP contribution < -0.4 is 4.74 Å². The van der Waals surface area contributed by atoms with Gasteiger partial charge >= 0.3 is 0 Å². The van der Waals surface area contributed by atoms with Gasteiger partial charge in [0, 0.05) is 12.7 Å². The minimum Gasteiger partial charge on any atom is -0.496 e. The van der Waals surface area contributed by atoms with Crippen molar-refractivity contribution >= 4 is 28.4 Å². The predicted octanol–water partition coefficient (Wildman–Crippen LogP) is 2.51. The summed E-state index contributed by atoms with van der Waals surface area (Å²) >= 11 is 1.47. The van der Waals surface area contributed by atoms with E-state index >= 15 is 0 Å². The molecular weight excluding hydrogens is 288 g/mol. The van der Waals surface area contributed by atoms with E-state index in [9.17, 15) is 0 Å². The van der Waals surface area contributed by atoms with Crippen LogP contribution in [0, 0.1) is 0 Å². The first kappa shape index (κ1) is 13.7. The van der Waals surface area contributed by atoms with Crippen molar-refractivity contribution in [3.8, 4) is 5.75 Å². The molecule has 3 aromatic rings. The Bertz CT molecular complexity index is 778. The summed E-state index contributed by atoms with van der Waals surface area (Å²) in [7, 11) is 3.28. The molecule has 21 heavy (non-hydrogen) atoms. The molecule has 7 heteroatoms. The molecule has 6 nitrogen and oxygen atoms in total. The Kier molecular flexibility index (Phi) is 3.94. The predicted molar refractivity (Wildman–Crippen MR) is 81.3 cm³/mol. The number of benzene rings is 1. The second kappa shape index (κ2) is 6.02. The summed E-state index contributed by atoms with van der Waals surface area (Å²) < 4.78 is 12.1. The summed E-state index contributed by atoms with van der Waals surface area (Å²) in [4.78, 5) is 0.752. The number of para-hydroxylation sites is 1. The summed E-state index contributed by atoms with van der Waals surface area (Å²) in [6, 6.07) is 7.83. The molecule has 2 aromatic heterocycles. The Labute approximate surface area is 125 Å². The van der Waals surface area contributed by atoms with Gasteiger partial charge in [0.05, 0.1) is 7.11 Å². The number of ether oxygens (including phenoxy) is 2. The molecule has 0 spiro atoms. The topological polar surface area (TPSA) is 61.5 Å². The summed E-state index contributed by atoms with van der Waals surface area (Å²) in [5.41, 5.74) is 1.00. The van der Waals surface area contributed by atoms with Crippen LogP contribution in [-0.4, -0.2) is 34.0 Å². The number of methoxy groups -OCH3 is 2. The average molecular weight is 302 g/mol. The monoisotopic (exact) mass is 302 g/mol. The fourth-order valence-electron chi connectivity index (χ4n) is 1.92. The van der Waals surface area contributed by atoms with Crippen molar-refractivity contribution in [2.24, 2.45) is 0 Å². The van der Waals surface area contributed by atoms with Gasteiger partial charge in [-0.15, -0.1) is 10.2 Å². The molecule has 2 heterocycles. The highest BCUT2D eigenvalue weighted by Crippen LogP contribution is 2.21. The fraction of sp³-hybridized carbons (Fsp3) is 0.214. The van der Waals surface area contributed by atoms with Crippen LogP contribution in [-0.2, 0) is 11.3 Å². The van der Waals surface area contributed by atoms with Gasteiger partial charge in [-0.25, -0.2) is 0 Å². The van der Waals surface area contributed by atoms with Crippen molar-refractivity contribution in [1.82, 2.24) is 19.8 Å². The Morgan fingerprint density at radius 1 is 1.19 bits per heavy atom. The van der Waals surface area contributed by atoms with Crippen molar-refractivity contribution in [1.29, 1.82) is 0 Å². The van der Waals surface area contributed by atoms with Crippen molar-refractivity contribution in [2.45, 2.75) is 6.61 Å². The molecule has 0 atom stereocenters. The first-order chi connectivity index (χ1) is 10.3. The summed E-state index contributed by atoms with van der Waals surface area (Å²) in [6.45, 7) is 0.389. The van der Waals surface area contributed by atoms with Crippen molar-refractivity contribution in [3.63, 3.8) is 0 Å². The molecule has 0 saturated carbocycles. The van der Waals surface area contributed by atoms with Crippen LogP contribution in [0.1, 0.15) is 16.4 Å². The smallest absolute Gasteiger partial charge is 0.235 e. The highest BCUT2D eigenvalue weighted by molar-refractivity contribution is 7.17. The minimum absolute atomic E-state index is 0.389. The molecule has 1 aromatic carbocycles. The van der Waals surface area contributed by atoms with Crippen molar-refractivity contribution in [2.75, 3.05) is 14.2 Å². The quantitative estimate of drug-likeness (QED) is 0.724. The molecule has 0 aliphatic heterocycles. The molecule has 3 rings (SSSR count). The van der Waals surface area contributed by atoms with Crippen molar-refractivity contribution in [3.05, 3.63) is 40.7 Å². The molecule has 0 aliphatic carbocycles. The number of nitrogens with zero attached hydrogens (tertiary/aromatic N) is 4. The lowest BCUT2D eigenvalue weighted by molar-refractivity contribution is 0.176. The van der Waals surface area contributed by atoms with Gasteiger partial charge in [0.25, 0.3) is 0 Å². The number of hydrogen-bond donors (Lipinski definition) is 0. The van der Waals surface area contributed by atoms with Gasteiger partial charge in [-0.1, -0.05) is 29.5 Å². The van der Waals surface area contributed by atoms with Crippen LogP contribution in [0.3, 0.4) is 0 Å². The van der Waals surface area contributed by atoms with E-state index in [2.05, 4.69) is 15.3 Å². The van der Waals surface area contributed by atoms with Crippen molar-refractivity contribution < 1.29 is 9.47 Å². The molecule has 0 radical (unpaired) electrons. The summed E-state index contributed by atoms with van der Waals surface area (Å²) in [5.74, 6) is 1.53. The van der Waals surface area contributed by atoms with Crippen LogP contribution in [0.4, 0.5) is 0 Å². The summed E-state index contributed by atoms with van der Waals surface area (Å²) in [6.07, 6.45) is 3.91. The largest absolute Gasteiger partial charge is 0.496 e. The highest BCUT2D eigenvalue weighted by atomic mass is 32.1. The number of aromatic nitrogens is 4. The zero-order chi connectivity index (χ0) is 14.7. The maximum Gasteiger partial charge on any atom is 0.235 e. The Balaban J connectivity index is 1.89. The zero-order valence-electron chi connectivity index (χ0n) is 11.7. The second-order valence-corrected chi connectivity index (χ2v) is 5.25. The van der Waals surface area contributed by atoms with E-state index in [1.807, 2.05) is 36.4 Å². The van der Waals surface area contributed by atoms with Crippen LogP contribution in [0.25, 0.3) is 17.1 Å². The number of fused-ring (bicyclic) bond motifs is 1. The van der Waals surface area contributed by atoms with Gasteiger partial charge in [0.15, 0.2) is 5.82 Å². The highest BCUT2D eigenvalue weighted by Gasteiger charge is 2.09. The van der Waals surface area contributed by atoms with Gasteiger partial charge in [0.1, 0.15) is 17.4 Å². The lowest BCUT2D eigenvalue weighted by Gasteiger charge is -2.02. The third-order valence-electron chi connectivity index (χ3n) is 2.89. The molecule has 0 unspecified atom stereocenters. The van der Waals surface area contributed by atoms with E-state index in [0.717, 1.165) is 21.3 Å². The molecule has 0 amide bonds. The maximum absolute atomic E-state index is 5.32. The molecule has 0 N–H and O–H groups in total. The Hall–Kier alpha value is -2.25. The van der Waals surface area contributed by atoms with E-state index in [0.29, 0.717) is 12.4 Å². The third-order valence-corrected chi connectivity index (χ3v) is 3.75. The maximum atomic E-state index is 5.32. The van der Waals surface area contributed by atoms with E-state index < -0.39 is 0 Å². The molecular formula is C14H14N4O2S. The Morgan fingerprint density at radius 2 is 2.05 bits per heavy atom. The lowest BCUT2D eigenvalue weighted by atomic mass is 10.2. The fourth-order valence-corrected chi connectivity index (χ4v) is 2.68. The molecule has 0 aliphatic rings. The van der Waals surface area contributed by atoms with Crippen LogP contribution in [0.15, 0.2) is 24.3 Å². The van der Waals surface area contributed by atoms with Gasteiger partial charge in [-0.05, 0) is 18.2 Å². The van der Waals surface area contributed by atoms with Gasteiger partial charge < -0.3 is 9.47 Å². The first-order valence-electron chi connectivity index (χ1n) is 6.33. The first-order valence-corrected chi connectivity index (χ1v) is 7.14. The van der Waals surface area contributed by atoms with E-state index in [1.165, 1.54) is 11.3 Å². The van der Waals surface area contributed by atoms with Gasteiger partial charge in [0.2, 0.25) is 4.96 Å². The number of rotatable bonds is 5. The normalized spacial score (nSPS) is 11.5. The minimum atomic E-state index is 0.389. The van der Waals surface area contributed by atoms with Crippen LogP contribution in [0.2, 0.25) is 0 Å². The van der Waals surface area contributed by atoms with E-state index in [-0.39, 0.29) is 0 Å². The second-order valence-electron chi connectivity index (χ2n) is 4.26. The lowest BCUT2D eigenvalue weighted by Crippen LogP contribution is -1.97. The average Bonchev–Trinajstić information content (AvgIpc) is 3.07. The molecule has 0 saturated heterocycles.